The third-order valence-corrected chi connectivity index (χ3v) is 16.9. The molecule has 0 aromatic heterocycles. The van der Waals surface area contributed by atoms with Crippen LogP contribution in [0.5, 0.6) is 0 Å². The minimum atomic E-state index is -1.64. The molecule has 1 N–H and O–H groups in total. The van der Waals surface area contributed by atoms with Crippen LogP contribution in [0.4, 0.5) is 23.2 Å². The average Bonchev–Trinajstić information content (AvgIpc) is 3.63. The summed E-state index contributed by atoms with van der Waals surface area (Å²) in [6, 6.07) is -1.27. The Hall–Kier alpha value is -2.64. The van der Waals surface area contributed by atoms with Crippen molar-refractivity contribution in [3.05, 3.63) is 29.3 Å². The molecule has 1 amide bonds. The number of rotatable bonds is 12. The first-order valence-corrected chi connectivity index (χ1v) is 23.3. The monoisotopic (exact) mass is 896 g/mol. The zero-order chi connectivity index (χ0) is 44.8. The van der Waals surface area contributed by atoms with Gasteiger partial charge in [-0.05, 0) is 114 Å². The van der Waals surface area contributed by atoms with Crippen LogP contribution in [0.15, 0.2) is 6.07 Å². The fourth-order valence-electron chi connectivity index (χ4n) is 13.4. The van der Waals surface area contributed by atoms with Crippen molar-refractivity contribution in [3.8, 4) is 0 Å². The molecule has 0 radical (unpaired) electrons. The molecular weight excluding hydrogens is 833 g/mol. The largest absolute Gasteiger partial charge is 0.468 e. The second kappa shape index (κ2) is 16.9. The molecule has 3 unspecified atom stereocenters. The zero-order valence-electron chi connectivity index (χ0n) is 37.4. The van der Waals surface area contributed by atoms with Gasteiger partial charge in [-0.15, -0.1) is 0 Å². The molecule has 2 aliphatic carbocycles. The SMILES string of the molecule is COC(=O)CNC(=O)C(CC[C@H]1O[C@@H]2O[C@]3(C)CC[C@H]4[C@H](C)CCC([C@H]1C)[C@@]24OO3)N(CCC[C@H]1O[C@@H]2O[C@]3(C)CC[C@H]4[C@H](C)CCC([C@H]1C)[C@@]24OO3)c1c(F)c(F)cc(F)c1F. The van der Waals surface area contributed by atoms with Crippen molar-refractivity contribution >= 4 is 17.6 Å². The number of carbonyl (C=O) groups excluding carboxylic acids is 2. The summed E-state index contributed by atoms with van der Waals surface area (Å²) in [6.07, 6.45) is 4.86. The molecule has 8 heterocycles. The van der Waals surface area contributed by atoms with Gasteiger partial charge in [0.05, 0.1) is 19.3 Å². The van der Waals surface area contributed by atoms with Gasteiger partial charge in [0.1, 0.15) is 18.3 Å². The minimum Gasteiger partial charge on any atom is -0.468 e. The molecule has 17 atom stereocenters. The molecule has 1 aromatic rings. The van der Waals surface area contributed by atoms with E-state index < -0.39 is 101 Å². The lowest BCUT2D eigenvalue weighted by molar-refractivity contribution is -0.571. The number of nitrogens with zero attached hydrogens (tertiary/aromatic N) is 1. The smallest absolute Gasteiger partial charge is 0.325 e. The number of benzene rings is 1. The van der Waals surface area contributed by atoms with Crippen molar-refractivity contribution in [2.45, 2.75) is 172 Å². The summed E-state index contributed by atoms with van der Waals surface area (Å²) in [6.45, 7) is 11.5. The summed E-state index contributed by atoms with van der Waals surface area (Å²) in [5, 5.41) is 2.54. The Morgan fingerprint density at radius 2 is 1.25 bits per heavy atom. The highest BCUT2D eigenvalue weighted by Gasteiger charge is 2.71. The zero-order valence-corrected chi connectivity index (χ0v) is 37.4. The van der Waals surface area contributed by atoms with Gasteiger partial charge in [0.2, 0.25) is 17.5 Å². The fourth-order valence-corrected chi connectivity index (χ4v) is 13.4. The van der Waals surface area contributed by atoms with Gasteiger partial charge >= 0.3 is 5.97 Å². The van der Waals surface area contributed by atoms with Crippen LogP contribution >= 0.6 is 0 Å². The van der Waals surface area contributed by atoms with Crippen LogP contribution in [-0.4, -0.2) is 85.7 Å². The molecule has 17 heteroatoms. The Morgan fingerprint density at radius 3 is 1.76 bits per heavy atom. The Balaban J connectivity index is 1.00. The number of ether oxygens (including phenoxy) is 5. The topological polar surface area (TPSA) is 132 Å². The number of hydrogen-bond donors (Lipinski definition) is 1. The first-order valence-electron chi connectivity index (χ1n) is 23.3. The maximum Gasteiger partial charge on any atom is 0.325 e. The van der Waals surface area contributed by atoms with Crippen molar-refractivity contribution in [1.82, 2.24) is 5.32 Å². The number of nitrogens with one attached hydrogen (secondary N) is 1. The summed E-state index contributed by atoms with van der Waals surface area (Å²) in [7, 11) is 1.16. The third-order valence-electron chi connectivity index (χ3n) is 16.9. The van der Waals surface area contributed by atoms with Gasteiger partial charge in [-0.25, -0.2) is 37.1 Å². The summed E-state index contributed by atoms with van der Waals surface area (Å²) < 4.78 is 93.8. The highest BCUT2D eigenvalue weighted by Crippen LogP contribution is 2.62. The van der Waals surface area contributed by atoms with Crippen molar-refractivity contribution < 1.29 is 70.4 Å². The van der Waals surface area contributed by atoms with E-state index in [1.165, 1.54) is 0 Å². The molecule has 4 bridgehead atoms. The molecule has 10 fully saturated rings. The second-order valence-corrected chi connectivity index (χ2v) is 20.4. The van der Waals surface area contributed by atoms with Gasteiger partial charge in [-0.1, -0.05) is 27.7 Å². The van der Waals surface area contributed by atoms with E-state index in [-0.39, 0.29) is 67.4 Å². The molecule has 63 heavy (non-hydrogen) atoms. The number of carbonyl (C=O) groups is 2. The summed E-state index contributed by atoms with van der Waals surface area (Å²) >= 11 is 0. The van der Waals surface area contributed by atoms with Gasteiger partial charge in [0, 0.05) is 37.3 Å². The molecular formula is C46H64F4N2O11. The van der Waals surface area contributed by atoms with Gasteiger partial charge in [0.15, 0.2) is 47.1 Å². The fraction of sp³-hybridized carbons (Fsp3) is 0.826. The van der Waals surface area contributed by atoms with Gasteiger partial charge < -0.3 is 33.9 Å². The Labute approximate surface area is 366 Å². The maximum atomic E-state index is 16.1. The molecule has 8 saturated heterocycles. The predicted molar refractivity (Wildman–Crippen MR) is 215 cm³/mol. The molecule has 352 valence electrons. The van der Waals surface area contributed by atoms with Crippen LogP contribution in [-0.2, 0) is 52.8 Å². The quantitative estimate of drug-likeness (QED) is 0.0952. The highest BCUT2D eigenvalue weighted by molar-refractivity contribution is 5.88. The standard InChI is InChI=1S/C46H64F4N2O11/c1-23-10-12-29-25(3)34(56-41-45(29)27(23)16-18-43(5,58-41)60-62-45)9-8-20-52(39-37(49)31(47)21-32(48)38(39)50)33(40(54)51-22-36(53)55-7)14-15-35-26(4)30-13-11-24(2)28-17-19-44(6)59-42(57-35)46(28,30)63-61-44/h21,23-30,33-35,41-42H,8-20,22H2,1-7H3,(H,51,54)/t23-,24-,25-,26-,27+,28+,29?,30?,33?,34-,35-,41-,42-,43+,44+,45-,46-/m1/s1. The van der Waals surface area contributed by atoms with Crippen molar-refractivity contribution in [2.75, 3.05) is 25.1 Å². The highest BCUT2D eigenvalue weighted by atomic mass is 19.2. The summed E-state index contributed by atoms with van der Waals surface area (Å²) in [4.78, 5) is 52.3. The van der Waals surface area contributed by atoms with E-state index in [0.717, 1.165) is 50.5 Å². The van der Waals surface area contributed by atoms with Crippen LogP contribution in [0, 0.1) is 70.6 Å². The van der Waals surface area contributed by atoms with Crippen LogP contribution < -0.4 is 10.2 Å². The number of halogens is 4. The number of fused-ring (bicyclic) bond motifs is 4. The molecule has 2 spiro atoms. The molecule has 2 saturated carbocycles. The number of anilines is 1. The second-order valence-electron chi connectivity index (χ2n) is 20.4. The van der Waals surface area contributed by atoms with Gasteiger partial charge in [-0.2, -0.15) is 0 Å². The van der Waals surface area contributed by atoms with E-state index in [0.29, 0.717) is 31.1 Å². The van der Waals surface area contributed by atoms with Crippen LogP contribution in [0.25, 0.3) is 0 Å². The normalized spacial score (nSPS) is 44.1. The first kappa shape index (κ1) is 45.5. The summed E-state index contributed by atoms with van der Waals surface area (Å²) in [5.74, 6) is -9.27. The number of amides is 1. The summed E-state index contributed by atoms with van der Waals surface area (Å²) in [5.41, 5.74) is -2.65. The number of hydrogen-bond acceptors (Lipinski definition) is 12. The minimum absolute atomic E-state index is 0.0248. The molecule has 13 nitrogen and oxygen atoms in total. The van der Waals surface area contributed by atoms with E-state index in [1.54, 1.807) is 0 Å². The van der Waals surface area contributed by atoms with Gasteiger partial charge in [0.25, 0.3) is 0 Å². The molecule has 11 rings (SSSR count). The van der Waals surface area contributed by atoms with Crippen LogP contribution in [0.3, 0.4) is 0 Å². The Kier molecular flexibility index (Phi) is 12.2. The van der Waals surface area contributed by atoms with E-state index in [2.05, 4.69) is 33.0 Å². The number of methoxy groups -OCH3 is 1. The van der Waals surface area contributed by atoms with Crippen molar-refractivity contribution in [2.24, 2.45) is 47.3 Å². The van der Waals surface area contributed by atoms with E-state index in [1.807, 2.05) is 13.8 Å². The molecule has 10 aliphatic rings. The lowest BCUT2D eigenvalue weighted by Crippen LogP contribution is -2.70. The maximum absolute atomic E-state index is 16.1. The average molecular weight is 897 g/mol. The van der Waals surface area contributed by atoms with Crippen LogP contribution in [0.1, 0.15) is 119 Å². The van der Waals surface area contributed by atoms with Crippen molar-refractivity contribution in [3.63, 3.8) is 0 Å². The lowest BCUT2D eigenvalue weighted by atomic mass is 9.57. The molecule has 1 aromatic carbocycles. The number of esters is 1. The van der Waals surface area contributed by atoms with E-state index in [9.17, 15) is 9.59 Å². The van der Waals surface area contributed by atoms with E-state index in [4.69, 9.17) is 43.2 Å². The van der Waals surface area contributed by atoms with Gasteiger partial charge in [-0.3, -0.25) is 9.59 Å². The first-order chi connectivity index (χ1) is 29.9. The van der Waals surface area contributed by atoms with Crippen LogP contribution in [0.2, 0.25) is 0 Å². The predicted octanol–water partition coefficient (Wildman–Crippen LogP) is 7.77. The lowest BCUT2D eigenvalue weighted by Gasteiger charge is -2.60. The third kappa shape index (κ3) is 7.50. The van der Waals surface area contributed by atoms with Crippen molar-refractivity contribution in [1.29, 1.82) is 0 Å². The Bertz CT molecular complexity index is 1890. The van der Waals surface area contributed by atoms with E-state index >= 15 is 17.6 Å². The Morgan fingerprint density at radius 1 is 0.746 bits per heavy atom. The molecule has 8 aliphatic heterocycles.